The Balaban J connectivity index is 1.77. The summed E-state index contributed by atoms with van der Waals surface area (Å²) in [4.78, 5) is 16.1. The van der Waals surface area contributed by atoms with E-state index in [0.717, 1.165) is 38.2 Å². The van der Waals surface area contributed by atoms with Crippen molar-refractivity contribution in [3.63, 3.8) is 0 Å². The predicted octanol–water partition coefficient (Wildman–Crippen LogP) is 7.43. The molecule has 1 aromatic heterocycles. The van der Waals surface area contributed by atoms with Crippen molar-refractivity contribution in [2.24, 2.45) is 0 Å². The molecule has 4 nitrogen and oxygen atoms in total. The topological polar surface area (TPSA) is 54.0 Å². The van der Waals surface area contributed by atoms with Crippen LogP contribution in [0.5, 0.6) is 0 Å². The van der Waals surface area contributed by atoms with Gasteiger partial charge in [-0.15, -0.1) is 0 Å². The van der Waals surface area contributed by atoms with Crippen LogP contribution in [0.1, 0.15) is 110 Å². The second-order valence-corrected chi connectivity index (χ2v) is 8.53. The van der Waals surface area contributed by atoms with Crippen LogP contribution in [0.25, 0.3) is 0 Å². The number of carbonyl (C=O) groups excluding carboxylic acids is 1. The Labute approximate surface area is 191 Å². The van der Waals surface area contributed by atoms with Gasteiger partial charge in [-0.3, -0.25) is 4.79 Å². The molecule has 0 bridgehead atoms. The predicted molar refractivity (Wildman–Crippen MR) is 134 cm³/mol. The standard InChI is InChI=1S/C27H47N3O/c1-2-3-4-5-6-7-8-9-10-11-12-13-14-15-16-22-27(31)30-25-20-19-24-29-26-21-17-18-23-28-26/h9-10,17-18,21,23H,2-8,11-16,19-20,22,24-25H2,1H3,(H,28,29)(H,30,31)/b10-9-. The van der Waals surface area contributed by atoms with Crippen molar-refractivity contribution < 1.29 is 4.79 Å². The zero-order valence-electron chi connectivity index (χ0n) is 20.0. The van der Waals surface area contributed by atoms with Gasteiger partial charge in [-0.1, -0.05) is 76.5 Å². The van der Waals surface area contributed by atoms with Gasteiger partial charge in [0.05, 0.1) is 0 Å². The van der Waals surface area contributed by atoms with Gasteiger partial charge >= 0.3 is 0 Å². The molecular weight excluding hydrogens is 382 g/mol. The van der Waals surface area contributed by atoms with Crippen molar-refractivity contribution in [1.29, 1.82) is 0 Å². The summed E-state index contributed by atoms with van der Waals surface area (Å²) in [5.74, 6) is 1.12. The molecule has 0 atom stereocenters. The van der Waals surface area contributed by atoms with E-state index in [-0.39, 0.29) is 5.91 Å². The van der Waals surface area contributed by atoms with E-state index in [0.29, 0.717) is 6.42 Å². The fourth-order valence-corrected chi connectivity index (χ4v) is 3.61. The van der Waals surface area contributed by atoms with Crippen LogP contribution in [-0.4, -0.2) is 24.0 Å². The minimum Gasteiger partial charge on any atom is -0.370 e. The van der Waals surface area contributed by atoms with Crippen LogP contribution in [0.4, 0.5) is 5.82 Å². The van der Waals surface area contributed by atoms with Crippen LogP contribution in [0, 0.1) is 0 Å². The number of pyridine rings is 1. The molecule has 0 fully saturated rings. The first kappa shape index (κ1) is 27.2. The Kier molecular flexibility index (Phi) is 18.8. The Morgan fingerprint density at radius 2 is 1.45 bits per heavy atom. The van der Waals surface area contributed by atoms with Gasteiger partial charge in [-0.2, -0.15) is 0 Å². The van der Waals surface area contributed by atoms with E-state index in [1.165, 1.54) is 77.0 Å². The lowest BCUT2D eigenvalue weighted by Crippen LogP contribution is -2.24. The highest BCUT2D eigenvalue weighted by molar-refractivity contribution is 5.75. The highest BCUT2D eigenvalue weighted by Crippen LogP contribution is 2.10. The highest BCUT2D eigenvalue weighted by atomic mass is 16.1. The maximum atomic E-state index is 11.9. The van der Waals surface area contributed by atoms with E-state index < -0.39 is 0 Å². The SMILES string of the molecule is CCCCCCCC/C=C\CCCCCCCC(=O)NCCCCNc1ccccn1. The minimum absolute atomic E-state index is 0.204. The van der Waals surface area contributed by atoms with Gasteiger partial charge in [0.15, 0.2) is 0 Å². The number of nitrogens with one attached hydrogen (secondary N) is 2. The summed E-state index contributed by atoms with van der Waals surface area (Å²) in [6, 6.07) is 5.86. The number of hydrogen-bond donors (Lipinski definition) is 2. The Morgan fingerprint density at radius 3 is 2.13 bits per heavy atom. The van der Waals surface area contributed by atoms with Gasteiger partial charge < -0.3 is 10.6 Å². The van der Waals surface area contributed by atoms with Gasteiger partial charge in [-0.05, 0) is 57.1 Å². The molecule has 0 spiro atoms. The van der Waals surface area contributed by atoms with Gasteiger partial charge in [0.2, 0.25) is 5.91 Å². The number of carbonyl (C=O) groups is 1. The molecule has 0 aromatic carbocycles. The Morgan fingerprint density at radius 1 is 0.806 bits per heavy atom. The first-order valence-corrected chi connectivity index (χ1v) is 12.9. The molecule has 4 heteroatoms. The fourth-order valence-electron chi connectivity index (χ4n) is 3.61. The summed E-state index contributed by atoms with van der Waals surface area (Å²) in [5.41, 5.74) is 0. The molecule has 0 saturated heterocycles. The molecule has 0 aliphatic heterocycles. The third-order valence-electron chi connectivity index (χ3n) is 5.56. The summed E-state index contributed by atoms with van der Waals surface area (Å²) in [6.07, 6.45) is 26.0. The molecule has 1 amide bonds. The quantitative estimate of drug-likeness (QED) is 0.158. The molecule has 0 aliphatic rings. The van der Waals surface area contributed by atoms with E-state index in [1.54, 1.807) is 6.20 Å². The monoisotopic (exact) mass is 429 g/mol. The van der Waals surface area contributed by atoms with Crippen molar-refractivity contribution in [2.45, 2.75) is 110 Å². The van der Waals surface area contributed by atoms with Crippen LogP contribution in [0.3, 0.4) is 0 Å². The Hall–Kier alpha value is -1.84. The largest absolute Gasteiger partial charge is 0.370 e. The first-order chi connectivity index (χ1) is 15.3. The molecule has 0 aliphatic carbocycles. The third-order valence-corrected chi connectivity index (χ3v) is 5.56. The van der Waals surface area contributed by atoms with Crippen LogP contribution in [0.15, 0.2) is 36.5 Å². The zero-order chi connectivity index (χ0) is 22.2. The van der Waals surface area contributed by atoms with Crippen LogP contribution in [0.2, 0.25) is 0 Å². The highest BCUT2D eigenvalue weighted by Gasteiger charge is 2.00. The summed E-state index contributed by atoms with van der Waals surface area (Å²) >= 11 is 0. The number of rotatable bonds is 21. The van der Waals surface area contributed by atoms with E-state index in [1.807, 2.05) is 18.2 Å². The van der Waals surface area contributed by atoms with Gasteiger partial charge in [0.1, 0.15) is 5.82 Å². The van der Waals surface area contributed by atoms with Crippen LogP contribution >= 0.6 is 0 Å². The number of allylic oxidation sites excluding steroid dienone is 2. The summed E-state index contributed by atoms with van der Waals surface area (Å²) in [5, 5.41) is 6.33. The van der Waals surface area contributed by atoms with E-state index in [9.17, 15) is 4.79 Å². The van der Waals surface area contributed by atoms with Crippen molar-refractivity contribution in [2.75, 3.05) is 18.4 Å². The van der Waals surface area contributed by atoms with E-state index in [4.69, 9.17) is 0 Å². The molecule has 1 heterocycles. The first-order valence-electron chi connectivity index (χ1n) is 12.9. The smallest absolute Gasteiger partial charge is 0.219 e. The third kappa shape index (κ3) is 18.6. The molecular formula is C27H47N3O. The number of aromatic nitrogens is 1. The lowest BCUT2D eigenvalue weighted by molar-refractivity contribution is -0.121. The normalized spacial score (nSPS) is 11.1. The van der Waals surface area contributed by atoms with E-state index >= 15 is 0 Å². The molecule has 176 valence electrons. The van der Waals surface area contributed by atoms with Crippen molar-refractivity contribution in [3.8, 4) is 0 Å². The second-order valence-electron chi connectivity index (χ2n) is 8.53. The minimum atomic E-state index is 0.204. The van der Waals surface area contributed by atoms with Gasteiger partial charge in [0, 0.05) is 25.7 Å². The number of anilines is 1. The maximum absolute atomic E-state index is 11.9. The summed E-state index contributed by atoms with van der Waals surface area (Å²) in [6.45, 7) is 3.93. The lowest BCUT2D eigenvalue weighted by Gasteiger charge is -2.07. The van der Waals surface area contributed by atoms with Crippen molar-refractivity contribution in [1.82, 2.24) is 10.3 Å². The molecule has 0 unspecified atom stereocenters. The molecule has 1 rings (SSSR count). The van der Waals surface area contributed by atoms with Gasteiger partial charge in [0.25, 0.3) is 0 Å². The zero-order valence-corrected chi connectivity index (χ0v) is 20.0. The molecule has 31 heavy (non-hydrogen) atoms. The lowest BCUT2D eigenvalue weighted by atomic mass is 10.1. The molecule has 0 radical (unpaired) electrons. The van der Waals surface area contributed by atoms with Crippen molar-refractivity contribution in [3.05, 3.63) is 36.5 Å². The molecule has 2 N–H and O–H groups in total. The maximum Gasteiger partial charge on any atom is 0.219 e. The van der Waals surface area contributed by atoms with E-state index in [2.05, 4.69) is 34.7 Å². The Bertz CT molecular complexity index is 545. The number of unbranched alkanes of at least 4 members (excludes halogenated alkanes) is 12. The average Bonchev–Trinajstić information content (AvgIpc) is 2.79. The molecule has 1 aromatic rings. The number of hydrogen-bond acceptors (Lipinski definition) is 3. The van der Waals surface area contributed by atoms with Crippen molar-refractivity contribution >= 4 is 11.7 Å². The fraction of sp³-hybridized carbons (Fsp3) is 0.704. The number of amides is 1. The summed E-state index contributed by atoms with van der Waals surface area (Å²) in [7, 11) is 0. The van der Waals surface area contributed by atoms with Gasteiger partial charge in [-0.25, -0.2) is 4.98 Å². The van der Waals surface area contributed by atoms with Crippen LogP contribution in [-0.2, 0) is 4.79 Å². The average molecular weight is 430 g/mol. The second kappa shape index (κ2) is 21.4. The summed E-state index contributed by atoms with van der Waals surface area (Å²) < 4.78 is 0. The van der Waals surface area contributed by atoms with Crippen LogP contribution < -0.4 is 10.6 Å². The number of nitrogens with zero attached hydrogens (tertiary/aromatic N) is 1. The molecule has 0 saturated carbocycles.